The highest BCUT2D eigenvalue weighted by atomic mass is 32.1. The number of ketones is 1. The Bertz CT molecular complexity index is 967. The number of quaternary nitrogens is 1. The summed E-state index contributed by atoms with van der Waals surface area (Å²) >= 11 is 1.22. The van der Waals surface area contributed by atoms with E-state index in [4.69, 9.17) is 0 Å². The minimum Gasteiger partial charge on any atom is -0.503 e. The van der Waals surface area contributed by atoms with Gasteiger partial charge in [-0.15, -0.1) is 11.3 Å². The maximum Gasteiger partial charge on any atom is 0.290 e. The molecule has 8 heteroatoms. The van der Waals surface area contributed by atoms with E-state index in [0.29, 0.717) is 29.2 Å². The van der Waals surface area contributed by atoms with Gasteiger partial charge in [-0.25, -0.2) is 9.37 Å². The van der Waals surface area contributed by atoms with Crippen molar-refractivity contribution in [2.24, 2.45) is 0 Å². The average Bonchev–Trinajstić information content (AvgIpc) is 3.09. The molecule has 1 aliphatic heterocycles. The number of halogens is 1. The summed E-state index contributed by atoms with van der Waals surface area (Å²) in [6, 6.07) is 4.95. The van der Waals surface area contributed by atoms with Crippen molar-refractivity contribution in [2.75, 3.05) is 27.2 Å². The number of thiazole rings is 1. The van der Waals surface area contributed by atoms with Crippen molar-refractivity contribution in [1.82, 2.24) is 9.88 Å². The Morgan fingerprint density at radius 1 is 1.36 bits per heavy atom. The predicted octanol–water partition coefficient (Wildman–Crippen LogP) is 1.62. The molecule has 0 saturated carbocycles. The lowest BCUT2D eigenvalue weighted by molar-refractivity contribution is -0.857. The summed E-state index contributed by atoms with van der Waals surface area (Å²) < 4.78 is 13.9. The van der Waals surface area contributed by atoms with Crippen LogP contribution >= 0.6 is 11.3 Å². The van der Waals surface area contributed by atoms with Crippen molar-refractivity contribution >= 4 is 23.0 Å². The lowest BCUT2D eigenvalue weighted by Gasteiger charge is -2.27. The van der Waals surface area contributed by atoms with Crippen molar-refractivity contribution in [3.8, 4) is 0 Å². The second kappa shape index (κ2) is 7.81. The van der Waals surface area contributed by atoms with Crippen LogP contribution in [0, 0.1) is 19.7 Å². The van der Waals surface area contributed by atoms with Crippen LogP contribution in [-0.4, -0.2) is 53.9 Å². The van der Waals surface area contributed by atoms with Gasteiger partial charge in [0.25, 0.3) is 5.91 Å². The lowest BCUT2D eigenvalue weighted by atomic mass is 9.95. The minimum absolute atomic E-state index is 0.0175. The molecule has 148 valence electrons. The molecule has 6 nitrogen and oxygen atoms in total. The van der Waals surface area contributed by atoms with Gasteiger partial charge in [-0.3, -0.25) is 9.59 Å². The van der Waals surface area contributed by atoms with Gasteiger partial charge in [0, 0.05) is 0 Å². The van der Waals surface area contributed by atoms with E-state index in [-0.39, 0.29) is 5.57 Å². The number of nitrogens with zero attached hydrogens (tertiary/aromatic N) is 2. The van der Waals surface area contributed by atoms with Gasteiger partial charge in [0.2, 0.25) is 5.78 Å². The number of aliphatic hydroxyl groups excluding tert-OH is 1. The molecule has 0 bridgehead atoms. The van der Waals surface area contributed by atoms with Gasteiger partial charge in [0.1, 0.15) is 5.82 Å². The molecule has 2 aromatic rings. The molecule has 28 heavy (non-hydrogen) atoms. The van der Waals surface area contributed by atoms with Crippen LogP contribution in [0.15, 0.2) is 35.6 Å². The summed E-state index contributed by atoms with van der Waals surface area (Å²) in [4.78, 5) is 33.2. The molecule has 0 fully saturated rings. The number of hydrogen-bond donors (Lipinski definition) is 2. The number of carbonyl (C=O) groups is 2. The van der Waals surface area contributed by atoms with Crippen molar-refractivity contribution in [1.29, 1.82) is 0 Å². The van der Waals surface area contributed by atoms with E-state index in [2.05, 4.69) is 4.98 Å². The number of carbonyl (C=O) groups excluding carboxylic acids is 2. The van der Waals surface area contributed by atoms with Gasteiger partial charge < -0.3 is 14.9 Å². The van der Waals surface area contributed by atoms with Gasteiger partial charge >= 0.3 is 0 Å². The highest BCUT2D eigenvalue weighted by Crippen LogP contribution is 2.39. The second-order valence-electron chi connectivity index (χ2n) is 7.15. The van der Waals surface area contributed by atoms with Crippen molar-refractivity contribution in [2.45, 2.75) is 19.9 Å². The van der Waals surface area contributed by atoms with Crippen molar-refractivity contribution in [3.05, 3.63) is 62.6 Å². The molecule has 1 aliphatic rings. The largest absolute Gasteiger partial charge is 0.503 e. The van der Waals surface area contributed by atoms with E-state index < -0.39 is 29.3 Å². The number of likely N-dealkylation sites (N-methyl/N-ethyl adjacent to an activating group) is 1. The molecular weight excluding hydrogens is 381 g/mol. The first kappa shape index (κ1) is 20.2. The van der Waals surface area contributed by atoms with Crippen LogP contribution in [0.3, 0.4) is 0 Å². The summed E-state index contributed by atoms with van der Waals surface area (Å²) in [6.07, 6.45) is 0. The number of hydrogen-bond acceptors (Lipinski definition) is 5. The highest BCUT2D eigenvalue weighted by Gasteiger charge is 2.44. The van der Waals surface area contributed by atoms with E-state index in [1.807, 2.05) is 14.1 Å². The van der Waals surface area contributed by atoms with Gasteiger partial charge in [0.05, 0.1) is 54.4 Å². The Kier molecular flexibility index (Phi) is 5.62. The van der Waals surface area contributed by atoms with E-state index in [9.17, 15) is 19.1 Å². The molecule has 1 atom stereocenters. The monoisotopic (exact) mass is 404 g/mol. The van der Waals surface area contributed by atoms with E-state index in [1.54, 1.807) is 19.9 Å². The summed E-state index contributed by atoms with van der Waals surface area (Å²) in [6.45, 7) is 4.45. The average molecular weight is 404 g/mol. The quantitative estimate of drug-likeness (QED) is 0.718. The molecule has 1 amide bonds. The molecule has 3 rings (SSSR count). The maximum absolute atomic E-state index is 13.9. The van der Waals surface area contributed by atoms with Crippen LogP contribution in [0.25, 0.3) is 0 Å². The third kappa shape index (κ3) is 3.70. The lowest BCUT2D eigenvalue weighted by Crippen LogP contribution is -3.06. The number of benzene rings is 1. The van der Waals surface area contributed by atoms with Crippen LogP contribution in [0.2, 0.25) is 0 Å². The Morgan fingerprint density at radius 3 is 2.64 bits per heavy atom. The summed E-state index contributed by atoms with van der Waals surface area (Å²) in [5, 5.41) is 11.3. The molecule has 2 N–H and O–H groups in total. The third-order valence-electron chi connectivity index (χ3n) is 4.68. The smallest absolute Gasteiger partial charge is 0.290 e. The van der Waals surface area contributed by atoms with Crippen molar-refractivity contribution in [3.63, 3.8) is 0 Å². The Balaban J connectivity index is 2.10. The van der Waals surface area contributed by atoms with Gasteiger partial charge in [-0.1, -0.05) is 12.1 Å². The summed E-state index contributed by atoms with van der Waals surface area (Å²) in [7, 11) is 3.89. The Hall–Kier alpha value is -2.58. The van der Waals surface area contributed by atoms with Crippen LogP contribution in [0.4, 0.5) is 4.39 Å². The zero-order chi connectivity index (χ0) is 20.6. The number of Topliss-reactive ketones (excluding diaryl/α,β-unsaturated/α-hetero) is 1. The minimum atomic E-state index is -0.836. The zero-order valence-corrected chi connectivity index (χ0v) is 17.1. The molecular formula is C20H23FN3O3S+. The molecule has 0 spiro atoms. The Morgan fingerprint density at radius 2 is 2.07 bits per heavy atom. The fourth-order valence-corrected chi connectivity index (χ4v) is 4.22. The topological polar surface area (TPSA) is 74.9 Å². The second-order valence-corrected chi connectivity index (χ2v) is 8.36. The van der Waals surface area contributed by atoms with Gasteiger partial charge in [-0.2, -0.15) is 0 Å². The third-order valence-corrected chi connectivity index (χ3v) is 5.75. The van der Waals surface area contributed by atoms with E-state index in [0.717, 1.165) is 9.91 Å². The number of rotatable bonds is 6. The fraction of sp³-hybridized carbons (Fsp3) is 0.350. The fourth-order valence-electron chi connectivity index (χ4n) is 3.35. The number of amides is 1. The van der Waals surface area contributed by atoms with Crippen LogP contribution in [0.5, 0.6) is 0 Å². The molecule has 2 heterocycles. The summed E-state index contributed by atoms with van der Waals surface area (Å²) in [5.74, 6) is -2.09. The molecule has 0 saturated heterocycles. The summed E-state index contributed by atoms with van der Waals surface area (Å²) in [5.41, 5.74) is 0.985. The van der Waals surface area contributed by atoms with Crippen molar-refractivity contribution < 1.29 is 24.0 Å². The van der Waals surface area contributed by atoms with Crippen LogP contribution < -0.4 is 4.90 Å². The first-order valence-electron chi connectivity index (χ1n) is 8.98. The SMILES string of the molecule is Cc1nc(C)c(C(=O)C2=C(O)C(=O)N(CC[NH+](C)C)[C@@H]2c2cccc(F)c2)s1. The van der Waals surface area contributed by atoms with Gasteiger partial charge in [0.15, 0.2) is 5.76 Å². The molecule has 1 aromatic carbocycles. The first-order valence-corrected chi connectivity index (χ1v) is 9.79. The van der Waals surface area contributed by atoms with Crippen LogP contribution in [0.1, 0.15) is 32.0 Å². The first-order chi connectivity index (χ1) is 13.2. The highest BCUT2D eigenvalue weighted by molar-refractivity contribution is 7.14. The Labute approximate surface area is 166 Å². The normalized spacial score (nSPS) is 17.1. The zero-order valence-electron chi connectivity index (χ0n) is 16.2. The van der Waals surface area contributed by atoms with Gasteiger partial charge in [-0.05, 0) is 31.5 Å². The predicted molar refractivity (Wildman–Crippen MR) is 104 cm³/mol. The number of aryl methyl sites for hydroxylation is 2. The van der Waals surface area contributed by atoms with E-state index >= 15 is 0 Å². The molecule has 1 aromatic heterocycles. The van der Waals surface area contributed by atoms with Crippen LogP contribution in [-0.2, 0) is 4.79 Å². The number of aromatic nitrogens is 1. The maximum atomic E-state index is 13.9. The molecule has 0 aliphatic carbocycles. The number of nitrogens with one attached hydrogen (secondary N) is 1. The molecule has 0 radical (unpaired) electrons. The number of aliphatic hydroxyl groups is 1. The molecule has 0 unspecified atom stereocenters. The standard InChI is InChI=1S/C20H22FN3O3S/c1-11-19(28-12(2)22-11)17(25)15-16(13-6-5-7-14(21)10-13)24(9-8-23(3)4)20(27)18(15)26/h5-7,10,16,26H,8-9H2,1-4H3/p+1/t16-/m1/s1. The van der Waals surface area contributed by atoms with E-state index in [1.165, 1.54) is 34.4 Å².